The summed E-state index contributed by atoms with van der Waals surface area (Å²) in [6.07, 6.45) is 3.79. The Labute approximate surface area is 167 Å². The Morgan fingerprint density at radius 2 is 2.07 bits per heavy atom. The van der Waals surface area contributed by atoms with Gasteiger partial charge < -0.3 is 19.5 Å². The summed E-state index contributed by atoms with van der Waals surface area (Å²) in [5.74, 6) is 0.982. The van der Waals surface area contributed by atoms with Crippen LogP contribution in [0.15, 0.2) is 36.4 Å². The van der Waals surface area contributed by atoms with Crippen molar-refractivity contribution in [1.82, 2.24) is 10.2 Å². The van der Waals surface area contributed by atoms with E-state index < -0.39 is 0 Å². The second kappa shape index (κ2) is 9.70. The van der Waals surface area contributed by atoms with E-state index in [0.717, 1.165) is 51.6 Å². The van der Waals surface area contributed by atoms with Crippen LogP contribution in [0.4, 0.5) is 0 Å². The van der Waals surface area contributed by atoms with Crippen LogP contribution < -0.4 is 10.1 Å². The van der Waals surface area contributed by atoms with Crippen LogP contribution in [-0.4, -0.2) is 63.6 Å². The van der Waals surface area contributed by atoms with E-state index in [0.29, 0.717) is 18.8 Å². The highest BCUT2D eigenvalue weighted by atomic mass is 16.5. The predicted molar refractivity (Wildman–Crippen MR) is 112 cm³/mol. The fraction of sp³-hybridized carbons (Fsp3) is 0.565. The average Bonchev–Trinajstić information content (AvgIpc) is 3.57. The summed E-state index contributed by atoms with van der Waals surface area (Å²) in [4.78, 5) is 2.59. The third-order valence-corrected chi connectivity index (χ3v) is 5.53. The van der Waals surface area contributed by atoms with Gasteiger partial charge in [0, 0.05) is 57.7 Å². The van der Waals surface area contributed by atoms with Gasteiger partial charge in [0.05, 0.1) is 19.3 Å². The number of hydrogen-bond donors (Lipinski definition) is 1. The molecule has 1 unspecified atom stereocenters. The van der Waals surface area contributed by atoms with Gasteiger partial charge in [-0.2, -0.15) is 0 Å². The first-order valence-electron chi connectivity index (χ1n) is 10.5. The normalized spacial score (nSPS) is 20.0. The van der Waals surface area contributed by atoms with Gasteiger partial charge in [0.2, 0.25) is 0 Å². The third-order valence-electron chi connectivity index (χ3n) is 5.53. The van der Waals surface area contributed by atoms with Gasteiger partial charge in [-0.25, -0.2) is 0 Å². The van der Waals surface area contributed by atoms with Gasteiger partial charge in [-0.15, -0.1) is 0 Å². The van der Waals surface area contributed by atoms with Gasteiger partial charge in [-0.3, -0.25) is 4.90 Å². The van der Waals surface area contributed by atoms with E-state index in [4.69, 9.17) is 14.2 Å². The topological polar surface area (TPSA) is 43.0 Å². The van der Waals surface area contributed by atoms with Crippen LogP contribution in [-0.2, 0) is 16.0 Å². The van der Waals surface area contributed by atoms with Crippen LogP contribution in [0.2, 0.25) is 0 Å². The molecule has 5 heteroatoms. The molecule has 1 heterocycles. The average molecular weight is 385 g/mol. The second-order valence-corrected chi connectivity index (χ2v) is 7.87. The molecule has 0 amide bonds. The molecule has 0 radical (unpaired) electrons. The molecule has 152 valence electrons. The Kier molecular flexibility index (Phi) is 6.81. The van der Waals surface area contributed by atoms with Crippen LogP contribution in [0.25, 0.3) is 10.8 Å². The first kappa shape index (κ1) is 19.6. The molecule has 1 aliphatic carbocycles. The van der Waals surface area contributed by atoms with E-state index in [1.165, 1.54) is 29.2 Å². The summed E-state index contributed by atoms with van der Waals surface area (Å²) < 4.78 is 17.2. The number of methoxy groups -OCH3 is 1. The van der Waals surface area contributed by atoms with Gasteiger partial charge in [-0.1, -0.05) is 24.3 Å². The standard InChI is InChI=1S/C23H32N2O3/c1-26-10-4-11-28-23-14-18(13-19-5-2-3-6-22(19)23)16-25(20-7-8-20)17-21-15-24-9-12-27-21/h2-3,5-6,13-14,20-21,24H,4,7-12,15-17H2,1H3. The highest BCUT2D eigenvalue weighted by Gasteiger charge is 2.31. The van der Waals surface area contributed by atoms with Gasteiger partial charge in [0.25, 0.3) is 0 Å². The van der Waals surface area contributed by atoms with E-state index >= 15 is 0 Å². The number of rotatable bonds is 10. The maximum Gasteiger partial charge on any atom is 0.127 e. The fourth-order valence-electron chi connectivity index (χ4n) is 3.95. The molecule has 0 aromatic heterocycles. The lowest BCUT2D eigenvalue weighted by atomic mass is 10.0. The lowest BCUT2D eigenvalue weighted by Crippen LogP contribution is -2.45. The Hall–Kier alpha value is -1.66. The van der Waals surface area contributed by atoms with Crippen LogP contribution in [0.1, 0.15) is 24.8 Å². The molecule has 2 aliphatic rings. The minimum atomic E-state index is 0.291. The summed E-state index contributed by atoms with van der Waals surface area (Å²) in [5.41, 5.74) is 1.32. The summed E-state index contributed by atoms with van der Waals surface area (Å²) >= 11 is 0. The molecule has 0 spiro atoms. The van der Waals surface area contributed by atoms with E-state index in [1.807, 2.05) is 0 Å². The summed E-state index contributed by atoms with van der Waals surface area (Å²) in [7, 11) is 1.73. The monoisotopic (exact) mass is 384 g/mol. The number of ether oxygens (including phenoxy) is 3. The Morgan fingerprint density at radius 3 is 2.86 bits per heavy atom. The zero-order valence-corrected chi connectivity index (χ0v) is 16.9. The SMILES string of the molecule is COCCCOc1cc(CN(CC2CNCCO2)C2CC2)cc2ccccc12. The van der Waals surface area contributed by atoms with Crippen molar-refractivity contribution in [3.05, 3.63) is 42.0 Å². The van der Waals surface area contributed by atoms with Gasteiger partial charge in [0.1, 0.15) is 5.75 Å². The number of nitrogens with one attached hydrogen (secondary N) is 1. The number of benzene rings is 2. The van der Waals surface area contributed by atoms with E-state index in [2.05, 4.69) is 46.6 Å². The minimum absolute atomic E-state index is 0.291. The molecule has 1 saturated heterocycles. The molecule has 2 aromatic rings. The Morgan fingerprint density at radius 1 is 1.18 bits per heavy atom. The first-order valence-corrected chi connectivity index (χ1v) is 10.5. The van der Waals surface area contributed by atoms with Crippen molar-refractivity contribution >= 4 is 10.8 Å². The highest BCUT2D eigenvalue weighted by molar-refractivity contribution is 5.89. The molecular weight excluding hydrogens is 352 g/mol. The molecule has 4 rings (SSSR count). The van der Waals surface area contributed by atoms with Crippen LogP contribution >= 0.6 is 0 Å². The number of nitrogens with zero attached hydrogens (tertiary/aromatic N) is 1. The maximum absolute atomic E-state index is 6.14. The number of fused-ring (bicyclic) bond motifs is 1. The second-order valence-electron chi connectivity index (χ2n) is 7.87. The van der Waals surface area contributed by atoms with Gasteiger partial charge in [0.15, 0.2) is 0 Å². The van der Waals surface area contributed by atoms with Gasteiger partial charge in [-0.05, 0) is 35.9 Å². The Balaban J connectivity index is 1.49. The van der Waals surface area contributed by atoms with Crippen LogP contribution in [0.5, 0.6) is 5.75 Å². The molecule has 1 aliphatic heterocycles. The van der Waals surface area contributed by atoms with Crippen molar-refractivity contribution in [2.75, 3.05) is 46.6 Å². The predicted octanol–water partition coefficient (Wildman–Crippen LogP) is 3.21. The zero-order chi connectivity index (χ0) is 19.2. The molecule has 28 heavy (non-hydrogen) atoms. The summed E-state index contributed by atoms with van der Waals surface area (Å²) in [5, 5.41) is 5.87. The first-order chi connectivity index (χ1) is 13.8. The summed E-state index contributed by atoms with van der Waals surface area (Å²) in [6, 6.07) is 13.7. The van der Waals surface area contributed by atoms with Crippen molar-refractivity contribution in [2.24, 2.45) is 0 Å². The minimum Gasteiger partial charge on any atom is -0.493 e. The number of morpholine rings is 1. The quantitative estimate of drug-likeness (QED) is 0.637. The molecule has 1 saturated carbocycles. The van der Waals surface area contributed by atoms with E-state index in [1.54, 1.807) is 7.11 Å². The highest BCUT2D eigenvalue weighted by Crippen LogP contribution is 2.32. The number of hydrogen-bond acceptors (Lipinski definition) is 5. The van der Waals surface area contributed by atoms with E-state index in [-0.39, 0.29) is 0 Å². The maximum atomic E-state index is 6.14. The van der Waals surface area contributed by atoms with E-state index in [9.17, 15) is 0 Å². The van der Waals surface area contributed by atoms with Crippen molar-refractivity contribution in [2.45, 2.75) is 38.0 Å². The third kappa shape index (κ3) is 5.23. The zero-order valence-electron chi connectivity index (χ0n) is 16.9. The molecule has 2 fully saturated rings. The van der Waals surface area contributed by atoms with Crippen LogP contribution in [0.3, 0.4) is 0 Å². The smallest absolute Gasteiger partial charge is 0.127 e. The lowest BCUT2D eigenvalue weighted by Gasteiger charge is -2.30. The van der Waals surface area contributed by atoms with Crippen molar-refractivity contribution in [3.63, 3.8) is 0 Å². The van der Waals surface area contributed by atoms with Crippen molar-refractivity contribution in [1.29, 1.82) is 0 Å². The van der Waals surface area contributed by atoms with Crippen molar-refractivity contribution < 1.29 is 14.2 Å². The molecule has 2 aromatic carbocycles. The molecule has 0 bridgehead atoms. The lowest BCUT2D eigenvalue weighted by molar-refractivity contribution is 0.00220. The van der Waals surface area contributed by atoms with Crippen LogP contribution in [0, 0.1) is 0 Å². The molecule has 1 N–H and O–H groups in total. The molecule has 1 atom stereocenters. The van der Waals surface area contributed by atoms with Gasteiger partial charge >= 0.3 is 0 Å². The summed E-state index contributed by atoms with van der Waals surface area (Å²) in [6.45, 7) is 6.08. The molecular formula is C23H32N2O3. The fourth-order valence-corrected chi connectivity index (χ4v) is 3.95. The molecule has 5 nitrogen and oxygen atoms in total. The largest absolute Gasteiger partial charge is 0.493 e. The Bertz CT molecular complexity index is 757. The van der Waals surface area contributed by atoms with Crippen molar-refractivity contribution in [3.8, 4) is 5.75 Å².